The molecule has 0 aliphatic rings. The van der Waals surface area contributed by atoms with E-state index in [0.29, 0.717) is 22.7 Å². The number of esters is 1. The summed E-state index contributed by atoms with van der Waals surface area (Å²) in [5.74, 6) is -0.887. The molecular formula is C30H33Cl2N5O5. The Bertz CT molecular complexity index is 1660. The zero-order valence-corrected chi connectivity index (χ0v) is 26.1. The van der Waals surface area contributed by atoms with E-state index >= 15 is 0 Å². The quantitative estimate of drug-likeness (QED) is 0.210. The Balaban J connectivity index is 2.09. The van der Waals surface area contributed by atoms with Gasteiger partial charge in [-0.3, -0.25) is 4.79 Å². The second kappa shape index (κ2) is 13.0. The third-order valence-corrected chi connectivity index (χ3v) is 7.39. The van der Waals surface area contributed by atoms with E-state index < -0.39 is 11.9 Å². The zero-order valence-electron chi connectivity index (χ0n) is 24.6. The first-order valence-corrected chi connectivity index (χ1v) is 14.1. The number of carbonyl (C=O) groups is 1. The molecule has 0 bridgehead atoms. The summed E-state index contributed by atoms with van der Waals surface area (Å²) < 4.78 is 19.3. The molecule has 1 atom stereocenters. The maximum Gasteiger partial charge on any atom is 0.359 e. The summed E-state index contributed by atoms with van der Waals surface area (Å²) in [5, 5.41) is 5.50. The number of halogens is 2. The number of aromatic nitrogens is 5. The summed E-state index contributed by atoms with van der Waals surface area (Å²) in [6.45, 7) is 7.89. The van der Waals surface area contributed by atoms with Gasteiger partial charge in [0, 0.05) is 29.7 Å². The fourth-order valence-corrected chi connectivity index (χ4v) is 5.60. The first-order chi connectivity index (χ1) is 20.0. The summed E-state index contributed by atoms with van der Waals surface area (Å²) in [7, 11) is 4.60. The Kier molecular flexibility index (Phi) is 9.58. The van der Waals surface area contributed by atoms with Gasteiger partial charge in [-0.2, -0.15) is 10.1 Å². The highest BCUT2D eigenvalue weighted by molar-refractivity contribution is 6.30. The smallest absolute Gasteiger partial charge is 0.359 e. The van der Waals surface area contributed by atoms with Crippen molar-refractivity contribution in [3.8, 4) is 17.6 Å². The fraction of sp³-hybridized carbons (Fsp3) is 0.367. The first-order valence-electron chi connectivity index (χ1n) is 13.4. The lowest BCUT2D eigenvalue weighted by Crippen LogP contribution is -2.19. The van der Waals surface area contributed by atoms with E-state index in [1.54, 1.807) is 30.9 Å². The molecule has 3 heterocycles. The Morgan fingerprint density at radius 2 is 1.86 bits per heavy atom. The van der Waals surface area contributed by atoms with Crippen LogP contribution >= 0.6 is 23.2 Å². The number of carbonyl (C=O) groups excluding carboxylic acids is 1. The van der Waals surface area contributed by atoms with Crippen molar-refractivity contribution in [2.75, 3.05) is 20.8 Å². The molecule has 10 nitrogen and oxygen atoms in total. The Morgan fingerprint density at radius 3 is 2.45 bits per heavy atom. The van der Waals surface area contributed by atoms with Gasteiger partial charge < -0.3 is 18.8 Å². The molecule has 3 aromatic heterocycles. The average molecular weight is 615 g/mol. The Hall–Kier alpha value is -3.89. The number of pyridine rings is 1. The Morgan fingerprint density at radius 1 is 1.12 bits per heavy atom. The van der Waals surface area contributed by atoms with Crippen LogP contribution in [0.4, 0.5) is 0 Å². The van der Waals surface area contributed by atoms with Gasteiger partial charge >= 0.3 is 12.0 Å². The van der Waals surface area contributed by atoms with Crippen LogP contribution in [0, 0.1) is 6.92 Å². The van der Waals surface area contributed by atoms with Gasteiger partial charge in [0.05, 0.1) is 32.7 Å². The largest absolute Gasteiger partial charge is 0.479 e. The lowest BCUT2D eigenvalue weighted by atomic mass is 9.81. The maximum absolute atomic E-state index is 13.6. The number of hydrogen-bond acceptors (Lipinski definition) is 8. The van der Waals surface area contributed by atoms with Crippen LogP contribution in [0.5, 0.6) is 11.9 Å². The second-order valence-electron chi connectivity index (χ2n) is 10.1. The monoisotopic (exact) mass is 613 g/mol. The van der Waals surface area contributed by atoms with Gasteiger partial charge in [0.2, 0.25) is 5.88 Å². The van der Waals surface area contributed by atoms with Crippen molar-refractivity contribution in [3.63, 3.8) is 0 Å². The van der Waals surface area contributed by atoms with E-state index in [2.05, 4.69) is 9.97 Å². The van der Waals surface area contributed by atoms with Crippen LogP contribution in [-0.2, 0) is 18.2 Å². The van der Waals surface area contributed by atoms with Crippen LogP contribution in [-0.4, -0.2) is 51.1 Å². The standard InChI is InChI=1S/C30H33Cl2N5O5/c1-8-42-29(39)25-24(26(16(2)3)37(35-25)23-14-33-30(41-7)34-27(23)40-6)21(20-10-9-19(31)11-17(20)4)12-18-13-22(32)28(38)36(5)15-18/h9-11,13-16,21H,8,12H2,1-7H3. The van der Waals surface area contributed by atoms with Gasteiger partial charge in [-0.05, 0) is 61.1 Å². The number of benzene rings is 1. The van der Waals surface area contributed by atoms with E-state index in [1.807, 2.05) is 39.0 Å². The molecule has 1 unspecified atom stereocenters. The van der Waals surface area contributed by atoms with Crippen molar-refractivity contribution in [2.24, 2.45) is 7.05 Å². The molecule has 222 valence electrons. The van der Waals surface area contributed by atoms with E-state index in [0.717, 1.165) is 22.4 Å². The van der Waals surface area contributed by atoms with Crippen LogP contribution in [0.15, 0.2) is 41.5 Å². The van der Waals surface area contributed by atoms with Crippen molar-refractivity contribution in [1.82, 2.24) is 24.3 Å². The minimum Gasteiger partial charge on any atom is -0.479 e. The highest BCUT2D eigenvalue weighted by Gasteiger charge is 2.34. The van der Waals surface area contributed by atoms with E-state index in [1.165, 1.54) is 25.0 Å². The number of hydrogen-bond donors (Lipinski definition) is 0. The van der Waals surface area contributed by atoms with Gasteiger partial charge in [0.15, 0.2) is 5.69 Å². The molecular weight excluding hydrogens is 581 g/mol. The summed E-state index contributed by atoms with van der Waals surface area (Å²) >= 11 is 12.7. The molecule has 4 rings (SSSR count). The molecule has 12 heteroatoms. The third-order valence-electron chi connectivity index (χ3n) is 6.88. The lowest BCUT2D eigenvalue weighted by Gasteiger charge is -2.24. The molecule has 4 aromatic rings. The van der Waals surface area contributed by atoms with Gasteiger partial charge in [0.25, 0.3) is 5.56 Å². The van der Waals surface area contributed by atoms with Crippen molar-refractivity contribution in [2.45, 2.75) is 46.0 Å². The Labute approximate surface area is 254 Å². The van der Waals surface area contributed by atoms with Gasteiger partial charge in [-0.15, -0.1) is 0 Å². The number of nitrogens with zero attached hydrogens (tertiary/aromatic N) is 5. The SMILES string of the molecule is CCOC(=O)c1nn(-c2cnc(OC)nc2OC)c(C(C)C)c1C(Cc1cc(Cl)c(=O)n(C)c1)c1ccc(Cl)cc1C. The third kappa shape index (κ3) is 6.15. The normalized spacial score (nSPS) is 12.0. The van der Waals surface area contributed by atoms with Gasteiger partial charge in [0.1, 0.15) is 10.7 Å². The highest BCUT2D eigenvalue weighted by atomic mass is 35.5. The summed E-state index contributed by atoms with van der Waals surface area (Å²) in [4.78, 5) is 34.5. The lowest BCUT2D eigenvalue weighted by molar-refractivity contribution is 0.0517. The van der Waals surface area contributed by atoms with Gasteiger partial charge in [-0.1, -0.05) is 43.1 Å². The second-order valence-corrected chi connectivity index (χ2v) is 10.9. The average Bonchev–Trinajstić information content (AvgIpc) is 3.35. The summed E-state index contributed by atoms with van der Waals surface area (Å²) in [6.07, 6.45) is 3.68. The molecule has 0 fully saturated rings. The van der Waals surface area contributed by atoms with Crippen molar-refractivity contribution < 1.29 is 19.0 Å². The van der Waals surface area contributed by atoms with Crippen molar-refractivity contribution >= 4 is 29.2 Å². The molecule has 0 N–H and O–H groups in total. The zero-order chi connectivity index (χ0) is 30.7. The molecule has 0 aliphatic heterocycles. The van der Waals surface area contributed by atoms with Gasteiger partial charge in [-0.25, -0.2) is 14.5 Å². The van der Waals surface area contributed by atoms with E-state index in [4.69, 9.17) is 42.5 Å². The minimum atomic E-state index is -0.573. The molecule has 1 aromatic carbocycles. The predicted molar refractivity (Wildman–Crippen MR) is 161 cm³/mol. The van der Waals surface area contributed by atoms with Crippen LogP contribution in [0.3, 0.4) is 0 Å². The van der Waals surface area contributed by atoms with Crippen LogP contribution < -0.4 is 15.0 Å². The maximum atomic E-state index is 13.6. The summed E-state index contributed by atoms with van der Waals surface area (Å²) in [6, 6.07) is 7.42. The van der Waals surface area contributed by atoms with E-state index in [-0.39, 0.29) is 40.7 Å². The number of ether oxygens (including phenoxy) is 3. The molecule has 0 aliphatic carbocycles. The van der Waals surface area contributed by atoms with E-state index in [9.17, 15) is 9.59 Å². The fourth-order valence-electron chi connectivity index (χ4n) is 5.10. The molecule has 42 heavy (non-hydrogen) atoms. The number of rotatable bonds is 10. The minimum absolute atomic E-state index is 0.104. The van der Waals surface area contributed by atoms with Crippen LogP contribution in [0.2, 0.25) is 10.0 Å². The molecule has 0 saturated carbocycles. The van der Waals surface area contributed by atoms with Crippen molar-refractivity contribution in [1.29, 1.82) is 0 Å². The van der Waals surface area contributed by atoms with Crippen LogP contribution in [0.25, 0.3) is 5.69 Å². The highest BCUT2D eigenvalue weighted by Crippen LogP contribution is 2.40. The molecule has 0 amide bonds. The van der Waals surface area contributed by atoms with Crippen LogP contribution in [0.1, 0.15) is 71.0 Å². The number of methoxy groups -OCH3 is 2. The molecule has 0 spiro atoms. The molecule has 0 radical (unpaired) electrons. The number of aryl methyl sites for hydroxylation is 2. The topological polar surface area (TPSA) is 110 Å². The molecule has 0 saturated heterocycles. The predicted octanol–water partition coefficient (Wildman–Crippen LogP) is 5.67. The summed E-state index contributed by atoms with van der Waals surface area (Å²) in [5.41, 5.74) is 4.32. The van der Waals surface area contributed by atoms with Crippen molar-refractivity contribution in [3.05, 3.63) is 90.7 Å². The first kappa shape index (κ1) is 31.1.